The van der Waals surface area contributed by atoms with Gasteiger partial charge >= 0.3 is 6.18 Å². The molecule has 0 saturated heterocycles. The summed E-state index contributed by atoms with van der Waals surface area (Å²) in [7, 11) is 1.68. The minimum Gasteiger partial charge on any atom is -0.374 e. The quantitative estimate of drug-likeness (QED) is 0.834. The molecule has 6 heteroatoms. The molecule has 114 valence electrons. The lowest BCUT2D eigenvalue weighted by molar-refractivity contribution is -0.132. The Labute approximate surface area is 126 Å². The highest BCUT2D eigenvalue weighted by atomic mass is 79.9. The minimum absolute atomic E-state index is 0.0194. The number of anilines is 1. The number of hydrogen-bond donors (Lipinski definition) is 1. The topological polar surface area (TPSA) is 29.3 Å². The van der Waals surface area contributed by atoms with Crippen molar-refractivity contribution in [2.45, 2.75) is 38.4 Å². The third-order valence-electron chi connectivity index (χ3n) is 3.20. The maximum atomic E-state index is 12.3. The van der Waals surface area contributed by atoms with E-state index in [2.05, 4.69) is 15.9 Å². The second-order valence-corrected chi connectivity index (χ2v) is 5.85. The van der Waals surface area contributed by atoms with E-state index in [9.17, 15) is 13.2 Å². The van der Waals surface area contributed by atoms with Crippen LogP contribution in [0.4, 0.5) is 18.9 Å². The van der Waals surface area contributed by atoms with E-state index in [4.69, 9.17) is 5.73 Å². The van der Waals surface area contributed by atoms with E-state index >= 15 is 0 Å². The zero-order valence-corrected chi connectivity index (χ0v) is 13.3. The molecule has 1 unspecified atom stereocenters. The van der Waals surface area contributed by atoms with Gasteiger partial charge in [-0.25, -0.2) is 0 Å². The van der Waals surface area contributed by atoms with Crippen LogP contribution in [0.25, 0.3) is 0 Å². The number of rotatable bonds is 6. The van der Waals surface area contributed by atoms with Crippen LogP contribution in [-0.2, 0) is 6.42 Å². The lowest BCUT2D eigenvalue weighted by Gasteiger charge is -2.24. The molecule has 0 spiro atoms. The van der Waals surface area contributed by atoms with E-state index in [0.29, 0.717) is 6.42 Å². The van der Waals surface area contributed by atoms with Crippen LogP contribution in [0, 0.1) is 0 Å². The summed E-state index contributed by atoms with van der Waals surface area (Å²) in [6, 6.07) is 5.66. The van der Waals surface area contributed by atoms with Gasteiger partial charge in [-0.2, -0.15) is 13.2 Å². The smallest absolute Gasteiger partial charge is 0.374 e. The molecule has 0 bridgehead atoms. The molecule has 1 aromatic rings. The van der Waals surface area contributed by atoms with Crippen molar-refractivity contribution in [1.29, 1.82) is 0 Å². The van der Waals surface area contributed by atoms with Crippen LogP contribution in [-0.4, -0.2) is 25.8 Å². The molecular weight excluding hydrogens is 333 g/mol. The maximum absolute atomic E-state index is 12.3. The summed E-state index contributed by atoms with van der Waals surface area (Å²) in [5.74, 6) is 0. The summed E-state index contributed by atoms with van der Waals surface area (Å²) < 4.78 is 37.8. The molecule has 0 aliphatic carbocycles. The number of benzene rings is 1. The molecule has 1 atom stereocenters. The zero-order chi connectivity index (χ0) is 15.3. The molecule has 0 saturated carbocycles. The molecule has 0 heterocycles. The van der Waals surface area contributed by atoms with Gasteiger partial charge in [-0.3, -0.25) is 0 Å². The highest BCUT2D eigenvalue weighted by Gasteiger charge is 2.27. The summed E-state index contributed by atoms with van der Waals surface area (Å²) in [5.41, 5.74) is 7.72. The first kappa shape index (κ1) is 17.3. The van der Waals surface area contributed by atoms with Crippen LogP contribution in [0.2, 0.25) is 0 Å². The fourth-order valence-corrected chi connectivity index (χ4v) is 2.26. The van der Waals surface area contributed by atoms with Crippen molar-refractivity contribution >= 4 is 21.6 Å². The molecule has 1 aromatic carbocycles. The van der Waals surface area contributed by atoms with Crippen LogP contribution in [0.15, 0.2) is 22.7 Å². The third-order valence-corrected chi connectivity index (χ3v) is 3.69. The predicted molar refractivity (Wildman–Crippen MR) is 80.1 cm³/mol. The summed E-state index contributed by atoms with van der Waals surface area (Å²) in [6.07, 6.45) is -3.47. The average Bonchev–Trinajstić information content (AvgIpc) is 2.37. The fraction of sp³-hybridized carbons (Fsp3) is 0.571. The maximum Gasteiger partial charge on any atom is 0.390 e. The van der Waals surface area contributed by atoms with Gasteiger partial charge in [0.05, 0.1) is 6.42 Å². The lowest BCUT2D eigenvalue weighted by atomic mass is 10.0. The van der Waals surface area contributed by atoms with E-state index in [1.165, 1.54) is 0 Å². The number of hydrogen-bond acceptors (Lipinski definition) is 2. The van der Waals surface area contributed by atoms with Crippen LogP contribution in [0.1, 0.15) is 25.3 Å². The first-order valence-electron chi connectivity index (χ1n) is 6.55. The Kier molecular flexibility index (Phi) is 6.33. The second-order valence-electron chi connectivity index (χ2n) is 4.93. The van der Waals surface area contributed by atoms with Crippen LogP contribution >= 0.6 is 15.9 Å². The van der Waals surface area contributed by atoms with Gasteiger partial charge in [0.25, 0.3) is 0 Å². The van der Waals surface area contributed by atoms with E-state index in [-0.39, 0.29) is 12.6 Å². The summed E-state index contributed by atoms with van der Waals surface area (Å²) in [4.78, 5) is 1.63. The Bertz CT molecular complexity index is 435. The SMILES string of the molecule is CCC(N)Cc1ccc(Br)cc1N(C)CCC(F)(F)F. The molecule has 0 aliphatic heterocycles. The van der Waals surface area contributed by atoms with Crippen molar-refractivity contribution in [2.75, 3.05) is 18.5 Å². The van der Waals surface area contributed by atoms with Gasteiger partial charge in [-0.15, -0.1) is 0 Å². The van der Waals surface area contributed by atoms with Crippen LogP contribution in [0.3, 0.4) is 0 Å². The van der Waals surface area contributed by atoms with Crippen molar-refractivity contribution in [3.63, 3.8) is 0 Å². The van der Waals surface area contributed by atoms with Crippen LogP contribution < -0.4 is 10.6 Å². The molecule has 0 aromatic heterocycles. The van der Waals surface area contributed by atoms with Gasteiger partial charge in [-0.1, -0.05) is 28.9 Å². The number of halogens is 4. The molecule has 0 aliphatic rings. The Morgan fingerprint density at radius 3 is 2.55 bits per heavy atom. The number of nitrogens with zero attached hydrogens (tertiary/aromatic N) is 1. The molecule has 2 N–H and O–H groups in total. The normalized spacial score (nSPS) is 13.3. The monoisotopic (exact) mass is 352 g/mol. The van der Waals surface area contributed by atoms with E-state index in [0.717, 1.165) is 22.1 Å². The first-order chi connectivity index (χ1) is 9.23. The van der Waals surface area contributed by atoms with Crippen molar-refractivity contribution < 1.29 is 13.2 Å². The van der Waals surface area contributed by atoms with Crippen molar-refractivity contribution in [1.82, 2.24) is 0 Å². The van der Waals surface area contributed by atoms with Crippen molar-refractivity contribution in [3.05, 3.63) is 28.2 Å². The van der Waals surface area contributed by atoms with Gasteiger partial charge in [-0.05, 0) is 30.5 Å². The largest absolute Gasteiger partial charge is 0.390 e. The summed E-state index contributed by atoms with van der Waals surface area (Å²) in [5, 5.41) is 0. The van der Waals surface area contributed by atoms with Gasteiger partial charge < -0.3 is 10.6 Å². The molecule has 20 heavy (non-hydrogen) atoms. The number of nitrogens with two attached hydrogens (primary N) is 1. The molecule has 2 nitrogen and oxygen atoms in total. The first-order valence-corrected chi connectivity index (χ1v) is 7.34. The van der Waals surface area contributed by atoms with Crippen LogP contribution in [0.5, 0.6) is 0 Å². The molecule has 1 rings (SSSR count). The van der Waals surface area contributed by atoms with E-state index in [1.807, 2.05) is 25.1 Å². The van der Waals surface area contributed by atoms with E-state index in [1.54, 1.807) is 11.9 Å². The van der Waals surface area contributed by atoms with Gasteiger partial charge in [0.15, 0.2) is 0 Å². The Morgan fingerprint density at radius 2 is 2.00 bits per heavy atom. The Balaban J connectivity index is 2.87. The standard InChI is InChI=1S/C14H20BrF3N2/c1-3-12(19)8-10-4-5-11(15)9-13(10)20(2)7-6-14(16,17)18/h4-5,9,12H,3,6-8,19H2,1-2H3. The number of alkyl halides is 3. The second kappa shape index (κ2) is 7.31. The van der Waals surface area contributed by atoms with Gasteiger partial charge in [0.1, 0.15) is 0 Å². The zero-order valence-electron chi connectivity index (χ0n) is 11.7. The third kappa shape index (κ3) is 5.71. The molecule has 0 fully saturated rings. The highest BCUT2D eigenvalue weighted by Crippen LogP contribution is 2.27. The van der Waals surface area contributed by atoms with Crippen molar-refractivity contribution in [3.8, 4) is 0 Å². The summed E-state index contributed by atoms with van der Waals surface area (Å²) >= 11 is 3.36. The Morgan fingerprint density at radius 1 is 1.35 bits per heavy atom. The minimum atomic E-state index is -4.14. The lowest BCUT2D eigenvalue weighted by Crippen LogP contribution is -2.27. The van der Waals surface area contributed by atoms with Gasteiger partial charge in [0.2, 0.25) is 0 Å². The van der Waals surface area contributed by atoms with E-state index < -0.39 is 12.6 Å². The van der Waals surface area contributed by atoms with Crippen molar-refractivity contribution in [2.24, 2.45) is 5.73 Å². The molecule has 0 amide bonds. The molecule has 0 radical (unpaired) electrons. The van der Waals surface area contributed by atoms with Gasteiger partial charge in [0, 0.05) is 29.8 Å². The predicted octanol–water partition coefficient (Wildman–Crippen LogP) is 4.12. The highest BCUT2D eigenvalue weighted by molar-refractivity contribution is 9.10. The summed E-state index contributed by atoms with van der Waals surface area (Å²) in [6.45, 7) is 1.94. The molecular formula is C14H20BrF3N2. The fourth-order valence-electron chi connectivity index (χ4n) is 1.91. The average molecular weight is 353 g/mol. The Hall–Kier alpha value is -0.750.